The Labute approximate surface area is 116 Å². The first-order chi connectivity index (χ1) is 9.58. The summed E-state index contributed by atoms with van der Waals surface area (Å²) in [5.41, 5.74) is 2.88. The van der Waals surface area contributed by atoms with E-state index in [4.69, 9.17) is 0 Å². The highest BCUT2D eigenvalue weighted by Gasteiger charge is 2.13. The molecule has 0 spiro atoms. The van der Waals surface area contributed by atoms with E-state index in [9.17, 15) is 4.79 Å². The number of aryl methyl sites for hydroxylation is 2. The molecule has 20 heavy (non-hydrogen) atoms. The van der Waals surface area contributed by atoms with Crippen molar-refractivity contribution in [2.75, 3.05) is 5.32 Å². The molecule has 5 nitrogen and oxygen atoms in total. The zero-order valence-electron chi connectivity index (χ0n) is 11.8. The summed E-state index contributed by atoms with van der Waals surface area (Å²) in [5.74, 6) is 0.527. The first-order valence-corrected chi connectivity index (χ1v) is 6.62. The predicted octanol–water partition coefficient (Wildman–Crippen LogP) is 2.78. The molecule has 1 aromatic carbocycles. The number of rotatable bonds is 2. The lowest BCUT2D eigenvalue weighted by atomic mass is 10.1. The molecule has 102 valence electrons. The molecule has 1 N–H and O–H groups in total. The summed E-state index contributed by atoms with van der Waals surface area (Å²) in [5, 5.41) is 9.09. The van der Waals surface area contributed by atoms with Crippen LogP contribution in [0.1, 0.15) is 18.9 Å². The van der Waals surface area contributed by atoms with Crippen molar-refractivity contribution in [3.05, 3.63) is 29.8 Å². The second-order valence-electron chi connectivity index (χ2n) is 4.93. The fraction of sp³-hybridized carbons (Fsp3) is 0.267. The van der Waals surface area contributed by atoms with Crippen molar-refractivity contribution in [3.63, 3.8) is 0 Å². The topological polar surface area (TPSA) is 59.8 Å². The van der Waals surface area contributed by atoms with Crippen LogP contribution in [0.4, 0.5) is 5.82 Å². The van der Waals surface area contributed by atoms with E-state index >= 15 is 0 Å². The van der Waals surface area contributed by atoms with E-state index in [2.05, 4.69) is 21.5 Å². The van der Waals surface area contributed by atoms with Gasteiger partial charge in [0.15, 0.2) is 11.5 Å². The van der Waals surface area contributed by atoms with Gasteiger partial charge < -0.3 is 5.32 Å². The number of nitrogens with one attached hydrogen (secondary N) is 1. The van der Waals surface area contributed by atoms with Crippen LogP contribution in [0.15, 0.2) is 24.3 Å². The number of carbonyl (C=O) groups excluding carboxylic acids is 1. The maximum absolute atomic E-state index is 11.6. The standard InChI is InChI=1S/C15H16N4O/c1-4-13(20)17-14-11-8-10-7-9(2)5-6-12(10)16-15(11)19(3)18-14/h5-8H,4H2,1-3H3,(H,17,18,20). The van der Waals surface area contributed by atoms with Gasteiger partial charge >= 0.3 is 0 Å². The fourth-order valence-electron chi connectivity index (χ4n) is 2.27. The van der Waals surface area contributed by atoms with Gasteiger partial charge in [-0.25, -0.2) is 9.67 Å². The molecule has 0 aliphatic rings. The molecule has 0 radical (unpaired) electrons. The minimum absolute atomic E-state index is 0.0469. The average molecular weight is 268 g/mol. The Morgan fingerprint density at radius 1 is 1.35 bits per heavy atom. The van der Waals surface area contributed by atoms with E-state index in [-0.39, 0.29) is 5.91 Å². The Kier molecular flexibility index (Phi) is 2.89. The minimum atomic E-state index is -0.0469. The second kappa shape index (κ2) is 4.59. The van der Waals surface area contributed by atoms with Crippen molar-refractivity contribution in [3.8, 4) is 0 Å². The Bertz CT molecular complexity index is 819. The monoisotopic (exact) mass is 268 g/mol. The zero-order valence-corrected chi connectivity index (χ0v) is 11.8. The normalized spacial score (nSPS) is 11.2. The maximum Gasteiger partial charge on any atom is 0.225 e. The van der Waals surface area contributed by atoms with Crippen molar-refractivity contribution in [2.45, 2.75) is 20.3 Å². The van der Waals surface area contributed by atoms with E-state index in [0.717, 1.165) is 21.9 Å². The fourth-order valence-corrected chi connectivity index (χ4v) is 2.27. The lowest BCUT2D eigenvalue weighted by Crippen LogP contribution is -2.10. The van der Waals surface area contributed by atoms with Gasteiger partial charge in [-0.1, -0.05) is 18.6 Å². The SMILES string of the molecule is CCC(=O)Nc1nn(C)c2nc3ccc(C)cc3cc12. The quantitative estimate of drug-likeness (QED) is 0.777. The van der Waals surface area contributed by atoms with Gasteiger partial charge in [0.1, 0.15) is 0 Å². The molecule has 0 bridgehead atoms. The smallest absolute Gasteiger partial charge is 0.225 e. The zero-order chi connectivity index (χ0) is 14.3. The largest absolute Gasteiger partial charge is 0.309 e. The highest BCUT2D eigenvalue weighted by molar-refractivity contribution is 6.02. The first-order valence-electron chi connectivity index (χ1n) is 6.62. The maximum atomic E-state index is 11.6. The molecule has 1 amide bonds. The van der Waals surface area contributed by atoms with Gasteiger partial charge in [0.2, 0.25) is 5.91 Å². The number of benzene rings is 1. The Balaban J connectivity index is 2.25. The molecule has 0 atom stereocenters. The molecule has 3 rings (SSSR count). The van der Waals surface area contributed by atoms with Crippen LogP contribution in [-0.4, -0.2) is 20.7 Å². The molecule has 2 aromatic heterocycles. The summed E-state index contributed by atoms with van der Waals surface area (Å²) in [6, 6.07) is 8.15. The van der Waals surface area contributed by atoms with Gasteiger partial charge in [0, 0.05) is 18.9 Å². The molecule has 2 heterocycles. The highest BCUT2D eigenvalue weighted by atomic mass is 16.1. The molecule has 5 heteroatoms. The number of nitrogens with zero attached hydrogens (tertiary/aromatic N) is 3. The number of carbonyl (C=O) groups is 1. The summed E-state index contributed by atoms with van der Waals surface area (Å²) in [6.45, 7) is 3.87. The number of pyridine rings is 1. The van der Waals surface area contributed by atoms with Crippen LogP contribution in [0.3, 0.4) is 0 Å². The minimum Gasteiger partial charge on any atom is -0.309 e. The number of amides is 1. The Hall–Kier alpha value is -2.43. The van der Waals surface area contributed by atoms with Gasteiger partial charge in [0.25, 0.3) is 0 Å². The molecule has 0 unspecified atom stereocenters. The third kappa shape index (κ3) is 2.01. The van der Waals surface area contributed by atoms with Crippen LogP contribution >= 0.6 is 0 Å². The molecule has 3 aromatic rings. The summed E-state index contributed by atoms with van der Waals surface area (Å²) < 4.78 is 1.69. The van der Waals surface area contributed by atoms with Gasteiger partial charge in [0.05, 0.1) is 10.9 Å². The Morgan fingerprint density at radius 2 is 2.15 bits per heavy atom. The third-order valence-electron chi connectivity index (χ3n) is 3.34. The molecule has 0 saturated carbocycles. The predicted molar refractivity (Wildman–Crippen MR) is 79.7 cm³/mol. The van der Waals surface area contributed by atoms with Crippen LogP contribution in [0, 0.1) is 6.92 Å². The van der Waals surface area contributed by atoms with Gasteiger partial charge in [-0.3, -0.25) is 4.79 Å². The van der Waals surface area contributed by atoms with Crippen LogP contribution in [-0.2, 0) is 11.8 Å². The molecule has 0 aliphatic heterocycles. The van der Waals surface area contributed by atoms with Crippen molar-refractivity contribution >= 4 is 33.7 Å². The number of hydrogen-bond acceptors (Lipinski definition) is 3. The number of fused-ring (bicyclic) bond motifs is 2. The molecule has 0 saturated heterocycles. The van der Waals surface area contributed by atoms with Crippen molar-refractivity contribution in [2.24, 2.45) is 7.05 Å². The number of aromatic nitrogens is 3. The number of anilines is 1. The van der Waals surface area contributed by atoms with E-state index in [1.165, 1.54) is 5.56 Å². The molecule has 0 aliphatic carbocycles. The summed E-state index contributed by atoms with van der Waals surface area (Å²) in [6.07, 6.45) is 0.429. The summed E-state index contributed by atoms with van der Waals surface area (Å²) >= 11 is 0. The Morgan fingerprint density at radius 3 is 2.90 bits per heavy atom. The first kappa shape index (κ1) is 12.6. The van der Waals surface area contributed by atoms with Crippen molar-refractivity contribution in [1.29, 1.82) is 0 Å². The van der Waals surface area contributed by atoms with Crippen LogP contribution in [0.25, 0.3) is 21.9 Å². The van der Waals surface area contributed by atoms with Crippen LogP contribution in [0.2, 0.25) is 0 Å². The van der Waals surface area contributed by atoms with Gasteiger partial charge in [-0.2, -0.15) is 5.10 Å². The van der Waals surface area contributed by atoms with E-state index in [0.29, 0.717) is 12.2 Å². The molecular formula is C15H16N4O. The molecule has 0 fully saturated rings. The lowest BCUT2D eigenvalue weighted by molar-refractivity contribution is -0.115. The molecular weight excluding hydrogens is 252 g/mol. The summed E-state index contributed by atoms with van der Waals surface area (Å²) in [7, 11) is 1.83. The van der Waals surface area contributed by atoms with E-state index in [1.54, 1.807) is 4.68 Å². The highest BCUT2D eigenvalue weighted by Crippen LogP contribution is 2.25. The van der Waals surface area contributed by atoms with E-state index in [1.807, 2.05) is 39.1 Å². The second-order valence-corrected chi connectivity index (χ2v) is 4.93. The van der Waals surface area contributed by atoms with Crippen LogP contribution in [0.5, 0.6) is 0 Å². The van der Waals surface area contributed by atoms with Crippen molar-refractivity contribution in [1.82, 2.24) is 14.8 Å². The van der Waals surface area contributed by atoms with E-state index < -0.39 is 0 Å². The lowest BCUT2D eigenvalue weighted by Gasteiger charge is -2.02. The third-order valence-corrected chi connectivity index (χ3v) is 3.34. The van der Waals surface area contributed by atoms with Crippen molar-refractivity contribution < 1.29 is 4.79 Å². The number of hydrogen-bond donors (Lipinski definition) is 1. The average Bonchev–Trinajstić information content (AvgIpc) is 2.72. The van der Waals surface area contributed by atoms with Gasteiger partial charge in [-0.05, 0) is 25.1 Å². The summed E-state index contributed by atoms with van der Waals surface area (Å²) in [4.78, 5) is 16.2. The van der Waals surface area contributed by atoms with Crippen LogP contribution < -0.4 is 5.32 Å². The van der Waals surface area contributed by atoms with Gasteiger partial charge in [-0.15, -0.1) is 0 Å².